The topological polar surface area (TPSA) is 37.4 Å². The van der Waals surface area contributed by atoms with E-state index < -0.39 is 0 Å². The second-order valence-electron chi connectivity index (χ2n) is 5.84. The Bertz CT molecular complexity index is 614. The number of carbonyl (C=O) groups excluding carboxylic acids is 2. The van der Waals surface area contributed by atoms with Gasteiger partial charge < -0.3 is 0 Å². The Morgan fingerprint density at radius 3 is 2.70 bits per heavy atom. The molecule has 2 fully saturated rings. The van der Waals surface area contributed by atoms with Gasteiger partial charge in [-0.1, -0.05) is 18.9 Å². The van der Waals surface area contributed by atoms with Crippen molar-refractivity contribution in [2.75, 3.05) is 4.90 Å². The number of fused-ring (bicyclic) bond motifs is 1. The number of rotatable bonds is 1. The van der Waals surface area contributed by atoms with Crippen molar-refractivity contribution in [1.82, 2.24) is 0 Å². The largest absolute Gasteiger partial charge is 0.274 e. The second-order valence-corrected chi connectivity index (χ2v) is 5.84. The number of amides is 2. The maximum Gasteiger partial charge on any atom is 0.237 e. The van der Waals surface area contributed by atoms with Crippen LogP contribution in [-0.2, 0) is 9.59 Å². The van der Waals surface area contributed by atoms with Crippen LogP contribution in [0.2, 0.25) is 0 Å². The third-order valence-electron chi connectivity index (χ3n) is 4.46. The van der Waals surface area contributed by atoms with Crippen LogP contribution in [0.4, 0.5) is 5.69 Å². The number of nitrogens with zero attached hydrogens (tertiary/aromatic N) is 1. The van der Waals surface area contributed by atoms with Crippen molar-refractivity contribution < 1.29 is 9.59 Å². The normalized spacial score (nSPS) is 29.2. The summed E-state index contributed by atoms with van der Waals surface area (Å²) in [6, 6.07) is 7.09. The Morgan fingerprint density at radius 1 is 1.20 bits per heavy atom. The second kappa shape index (κ2) is 4.79. The predicted octanol–water partition coefficient (Wildman–Crippen LogP) is 2.59. The minimum absolute atomic E-state index is 0.0546. The van der Waals surface area contributed by atoms with Crippen LogP contribution >= 0.6 is 0 Å². The molecule has 1 aromatic carbocycles. The number of hydrogen-bond acceptors (Lipinski definition) is 2. The zero-order chi connectivity index (χ0) is 14.3. The van der Waals surface area contributed by atoms with Gasteiger partial charge in [-0.05, 0) is 43.4 Å². The molecule has 2 amide bonds. The zero-order valence-corrected chi connectivity index (χ0v) is 11.5. The van der Waals surface area contributed by atoms with Gasteiger partial charge in [-0.3, -0.25) is 14.5 Å². The number of imide groups is 1. The van der Waals surface area contributed by atoms with Crippen molar-refractivity contribution in [3.05, 3.63) is 29.8 Å². The highest BCUT2D eigenvalue weighted by atomic mass is 16.2. The highest BCUT2D eigenvalue weighted by Gasteiger charge is 2.49. The molecule has 0 unspecified atom stereocenters. The van der Waals surface area contributed by atoms with E-state index in [0.29, 0.717) is 17.2 Å². The standard InChI is InChI=1S/C17H17NO2/c1-3-12-5-4-6-13(10-12)18-16(19)14-8-7-11(2)9-15(14)17(18)20/h1,4-6,10-11,14-15H,7-9H2,2H3/t11-,14+,15+/m0/s1. The summed E-state index contributed by atoms with van der Waals surface area (Å²) in [5.74, 6) is 2.68. The molecule has 3 atom stereocenters. The molecule has 0 radical (unpaired) electrons. The third kappa shape index (κ3) is 1.92. The molecule has 3 heteroatoms. The van der Waals surface area contributed by atoms with Crippen LogP contribution in [0.25, 0.3) is 0 Å². The molecule has 1 saturated carbocycles. The Balaban J connectivity index is 1.96. The average Bonchev–Trinajstić information content (AvgIpc) is 2.70. The summed E-state index contributed by atoms with van der Waals surface area (Å²) >= 11 is 0. The van der Waals surface area contributed by atoms with Gasteiger partial charge in [0.25, 0.3) is 0 Å². The fraction of sp³-hybridized carbons (Fsp3) is 0.412. The minimum atomic E-state index is -0.138. The molecule has 1 saturated heterocycles. The van der Waals surface area contributed by atoms with Gasteiger partial charge >= 0.3 is 0 Å². The van der Waals surface area contributed by atoms with Crippen molar-refractivity contribution in [2.45, 2.75) is 26.2 Å². The number of benzene rings is 1. The maximum absolute atomic E-state index is 12.5. The molecule has 3 nitrogen and oxygen atoms in total. The Hall–Kier alpha value is -2.08. The van der Waals surface area contributed by atoms with E-state index in [1.807, 2.05) is 0 Å². The highest BCUT2D eigenvalue weighted by Crippen LogP contribution is 2.42. The molecule has 0 spiro atoms. The highest BCUT2D eigenvalue weighted by molar-refractivity contribution is 6.22. The number of hydrogen-bond donors (Lipinski definition) is 0. The van der Waals surface area contributed by atoms with Gasteiger partial charge in [-0.2, -0.15) is 0 Å². The quantitative estimate of drug-likeness (QED) is 0.579. The van der Waals surface area contributed by atoms with Gasteiger partial charge in [0.05, 0.1) is 17.5 Å². The first-order chi connectivity index (χ1) is 9.61. The van der Waals surface area contributed by atoms with E-state index in [1.165, 1.54) is 4.90 Å². The van der Waals surface area contributed by atoms with Gasteiger partial charge in [0.1, 0.15) is 0 Å². The smallest absolute Gasteiger partial charge is 0.237 e. The van der Waals surface area contributed by atoms with Crippen molar-refractivity contribution in [1.29, 1.82) is 0 Å². The molecule has 1 aliphatic heterocycles. The van der Waals surface area contributed by atoms with Crippen LogP contribution in [0.15, 0.2) is 24.3 Å². The van der Waals surface area contributed by atoms with Crippen molar-refractivity contribution in [3.63, 3.8) is 0 Å². The van der Waals surface area contributed by atoms with Gasteiger partial charge in [0.2, 0.25) is 11.8 Å². The molecule has 3 rings (SSSR count). The summed E-state index contributed by atoms with van der Waals surface area (Å²) < 4.78 is 0. The summed E-state index contributed by atoms with van der Waals surface area (Å²) in [5.41, 5.74) is 1.30. The van der Waals surface area contributed by atoms with E-state index in [9.17, 15) is 9.59 Å². The van der Waals surface area contributed by atoms with E-state index >= 15 is 0 Å². The molecule has 0 bridgehead atoms. The third-order valence-corrected chi connectivity index (χ3v) is 4.46. The minimum Gasteiger partial charge on any atom is -0.274 e. The Labute approximate surface area is 119 Å². The first kappa shape index (κ1) is 12.9. The van der Waals surface area contributed by atoms with E-state index in [4.69, 9.17) is 6.42 Å². The summed E-state index contributed by atoms with van der Waals surface area (Å²) in [7, 11) is 0. The lowest BCUT2D eigenvalue weighted by Crippen LogP contribution is -2.30. The van der Waals surface area contributed by atoms with Gasteiger partial charge in [-0.25, -0.2) is 0 Å². The fourth-order valence-electron chi connectivity index (χ4n) is 3.38. The van der Waals surface area contributed by atoms with Gasteiger partial charge in [-0.15, -0.1) is 6.42 Å². The lowest BCUT2D eigenvalue weighted by atomic mass is 9.76. The van der Waals surface area contributed by atoms with Gasteiger partial charge in [0, 0.05) is 5.56 Å². The van der Waals surface area contributed by atoms with Crippen molar-refractivity contribution in [3.8, 4) is 12.3 Å². The first-order valence-corrected chi connectivity index (χ1v) is 7.06. The van der Waals surface area contributed by atoms with Crippen LogP contribution in [0.3, 0.4) is 0 Å². The number of terminal acetylenes is 1. The van der Waals surface area contributed by atoms with E-state index in [2.05, 4.69) is 12.8 Å². The lowest BCUT2D eigenvalue weighted by Gasteiger charge is -2.25. The summed E-state index contributed by atoms with van der Waals surface area (Å²) in [6.45, 7) is 2.15. The summed E-state index contributed by atoms with van der Waals surface area (Å²) in [5, 5.41) is 0. The zero-order valence-electron chi connectivity index (χ0n) is 11.5. The Kier molecular flexibility index (Phi) is 3.10. The van der Waals surface area contributed by atoms with Crippen LogP contribution in [0.5, 0.6) is 0 Å². The van der Waals surface area contributed by atoms with Crippen molar-refractivity contribution in [2.24, 2.45) is 17.8 Å². The monoisotopic (exact) mass is 267 g/mol. The van der Waals surface area contributed by atoms with Crippen molar-refractivity contribution >= 4 is 17.5 Å². The Morgan fingerprint density at radius 2 is 1.95 bits per heavy atom. The first-order valence-electron chi connectivity index (χ1n) is 7.06. The molecule has 1 aliphatic carbocycles. The molecule has 2 aliphatic rings. The van der Waals surface area contributed by atoms with E-state index in [1.54, 1.807) is 24.3 Å². The average molecular weight is 267 g/mol. The molecule has 1 heterocycles. The summed E-state index contributed by atoms with van der Waals surface area (Å²) in [4.78, 5) is 26.4. The van der Waals surface area contributed by atoms with Crippen LogP contribution < -0.4 is 4.90 Å². The molecule has 102 valence electrons. The maximum atomic E-state index is 12.5. The predicted molar refractivity (Wildman–Crippen MR) is 76.9 cm³/mol. The van der Waals surface area contributed by atoms with Crippen LogP contribution in [0, 0.1) is 30.1 Å². The fourth-order valence-corrected chi connectivity index (χ4v) is 3.38. The molecular weight excluding hydrogens is 250 g/mol. The SMILES string of the molecule is C#Cc1cccc(N2C(=O)[C@@H]3CC[C@H](C)C[C@H]3C2=O)c1. The lowest BCUT2D eigenvalue weighted by molar-refractivity contribution is -0.122. The van der Waals surface area contributed by atoms with E-state index in [-0.39, 0.29) is 23.7 Å². The molecule has 20 heavy (non-hydrogen) atoms. The summed E-state index contributed by atoms with van der Waals surface area (Å²) in [6.07, 6.45) is 8.05. The van der Waals surface area contributed by atoms with E-state index in [0.717, 1.165) is 19.3 Å². The number of anilines is 1. The van der Waals surface area contributed by atoms with Crippen LogP contribution in [0.1, 0.15) is 31.7 Å². The molecular formula is C17H17NO2. The van der Waals surface area contributed by atoms with Crippen LogP contribution in [-0.4, -0.2) is 11.8 Å². The molecule has 1 aromatic rings. The molecule has 0 aromatic heterocycles. The van der Waals surface area contributed by atoms with Gasteiger partial charge in [0.15, 0.2) is 0 Å². The number of carbonyl (C=O) groups is 2. The molecule has 0 N–H and O–H groups in total.